The molecule has 0 saturated heterocycles. The highest BCUT2D eigenvalue weighted by Crippen LogP contribution is 2.06. The summed E-state index contributed by atoms with van der Waals surface area (Å²) >= 11 is 0. The van der Waals surface area contributed by atoms with Crippen molar-refractivity contribution in [2.75, 3.05) is 38.5 Å². The monoisotopic (exact) mass is 264 g/mol. The molecule has 0 aromatic rings. The predicted octanol–water partition coefficient (Wildman–Crippen LogP) is 1.64. The molecule has 0 heterocycles. The van der Waals surface area contributed by atoms with Crippen LogP contribution in [0.3, 0.4) is 0 Å². The maximum absolute atomic E-state index is 11.9. The second-order valence-corrected chi connectivity index (χ2v) is 6.94. The topological polar surface area (TPSA) is 40.6 Å². The van der Waals surface area contributed by atoms with Crippen LogP contribution in [0.4, 0.5) is 0 Å². The summed E-state index contributed by atoms with van der Waals surface area (Å²) in [6, 6.07) is 0. The zero-order chi connectivity index (χ0) is 13.5. The van der Waals surface area contributed by atoms with Gasteiger partial charge < -0.3 is 4.90 Å². The van der Waals surface area contributed by atoms with E-state index in [-0.39, 0.29) is 5.75 Å². The van der Waals surface area contributed by atoms with Crippen molar-refractivity contribution >= 4 is 10.0 Å². The first-order chi connectivity index (χ1) is 7.87. The first-order valence-corrected chi connectivity index (χ1v) is 8.18. The SMILES string of the molecule is CCN(CC)CCN(CC(C)C)S(=O)(=O)CC. The fourth-order valence-corrected chi connectivity index (χ4v) is 2.98. The lowest BCUT2D eigenvalue weighted by atomic mass is 10.2. The van der Waals surface area contributed by atoms with E-state index in [9.17, 15) is 8.42 Å². The van der Waals surface area contributed by atoms with E-state index >= 15 is 0 Å². The summed E-state index contributed by atoms with van der Waals surface area (Å²) in [5.41, 5.74) is 0. The molecular formula is C12H28N2O2S. The predicted molar refractivity (Wildman–Crippen MR) is 73.7 cm³/mol. The zero-order valence-electron chi connectivity index (χ0n) is 11.9. The van der Waals surface area contributed by atoms with E-state index in [2.05, 4.69) is 32.6 Å². The molecule has 0 aliphatic carbocycles. The van der Waals surface area contributed by atoms with Crippen LogP contribution in [-0.2, 0) is 10.0 Å². The lowest BCUT2D eigenvalue weighted by Crippen LogP contribution is -2.41. The van der Waals surface area contributed by atoms with Gasteiger partial charge in [0.15, 0.2) is 0 Å². The van der Waals surface area contributed by atoms with Crippen LogP contribution in [0.15, 0.2) is 0 Å². The Morgan fingerprint density at radius 3 is 1.88 bits per heavy atom. The molecule has 0 aliphatic rings. The van der Waals surface area contributed by atoms with Gasteiger partial charge in [0.1, 0.15) is 0 Å². The minimum absolute atomic E-state index is 0.192. The van der Waals surface area contributed by atoms with Crippen LogP contribution in [0.25, 0.3) is 0 Å². The number of hydrogen-bond acceptors (Lipinski definition) is 3. The summed E-state index contributed by atoms with van der Waals surface area (Å²) in [5.74, 6) is 0.561. The highest BCUT2D eigenvalue weighted by Gasteiger charge is 2.20. The second kappa shape index (κ2) is 8.06. The number of rotatable bonds is 9. The largest absolute Gasteiger partial charge is 0.303 e. The van der Waals surface area contributed by atoms with E-state index in [0.29, 0.717) is 19.0 Å². The first kappa shape index (κ1) is 16.9. The third-order valence-corrected chi connectivity index (χ3v) is 4.74. The van der Waals surface area contributed by atoms with Crippen molar-refractivity contribution in [3.63, 3.8) is 0 Å². The average Bonchev–Trinajstić information content (AvgIpc) is 2.28. The van der Waals surface area contributed by atoms with Gasteiger partial charge in [-0.2, -0.15) is 0 Å². The Morgan fingerprint density at radius 2 is 1.53 bits per heavy atom. The summed E-state index contributed by atoms with van der Waals surface area (Å²) < 4.78 is 25.5. The van der Waals surface area contributed by atoms with Crippen LogP contribution in [0, 0.1) is 5.92 Å². The normalized spacial score (nSPS) is 12.9. The molecular weight excluding hydrogens is 236 g/mol. The lowest BCUT2D eigenvalue weighted by Gasteiger charge is -2.26. The number of likely N-dealkylation sites (N-methyl/N-ethyl adjacent to an activating group) is 1. The molecule has 5 heteroatoms. The molecule has 0 fully saturated rings. The fraction of sp³-hybridized carbons (Fsp3) is 1.00. The molecule has 104 valence electrons. The van der Waals surface area contributed by atoms with Gasteiger partial charge in [0.05, 0.1) is 5.75 Å². The van der Waals surface area contributed by atoms with Crippen LogP contribution < -0.4 is 0 Å². The smallest absolute Gasteiger partial charge is 0.213 e. The fourth-order valence-electron chi connectivity index (χ4n) is 1.73. The van der Waals surface area contributed by atoms with Gasteiger partial charge >= 0.3 is 0 Å². The Labute approximate surface area is 107 Å². The highest BCUT2D eigenvalue weighted by molar-refractivity contribution is 7.89. The zero-order valence-corrected chi connectivity index (χ0v) is 12.8. The van der Waals surface area contributed by atoms with E-state index in [4.69, 9.17) is 0 Å². The van der Waals surface area contributed by atoms with E-state index < -0.39 is 10.0 Å². The van der Waals surface area contributed by atoms with Gasteiger partial charge in [-0.15, -0.1) is 0 Å². The Bertz CT molecular complexity index is 285. The maximum Gasteiger partial charge on any atom is 0.213 e. The van der Waals surface area contributed by atoms with Gasteiger partial charge in [-0.3, -0.25) is 0 Å². The van der Waals surface area contributed by atoms with Gasteiger partial charge in [-0.05, 0) is 25.9 Å². The summed E-state index contributed by atoms with van der Waals surface area (Å²) in [5, 5.41) is 0. The molecule has 0 unspecified atom stereocenters. The van der Waals surface area contributed by atoms with Crippen LogP contribution in [0.5, 0.6) is 0 Å². The quantitative estimate of drug-likeness (QED) is 0.635. The minimum atomic E-state index is -3.06. The molecule has 0 aromatic heterocycles. The molecule has 0 N–H and O–H groups in total. The van der Waals surface area contributed by atoms with Gasteiger partial charge in [0.2, 0.25) is 10.0 Å². The number of sulfonamides is 1. The molecule has 0 aliphatic heterocycles. The van der Waals surface area contributed by atoms with Gasteiger partial charge in [0, 0.05) is 19.6 Å². The molecule has 0 amide bonds. The van der Waals surface area contributed by atoms with Crippen molar-refractivity contribution < 1.29 is 8.42 Å². The molecule has 0 saturated carbocycles. The van der Waals surface area contributed by atoms with Gasteiger partial charge in [-0.25, -0.2) is 12.7 Å². The Morgan fingerprint density at radius 1 is 1.00 bits per heavy atom. The van der Waals surface area contributed by atoms with Crippen LogP contribution in [0.1, 0.15) is 34.6 Å². The van der Waals surface area contributed by atoms with E-state index in [1.807, 2.05) is 0 Å². The summed E-state index contributed by atoms with van der Waals surface area (Å²) in [6.07, 6.45) is 0. The summed E-state index contributed by atoms with van der Waals surface area (Å²) in [4.78, 5) is 2.25. The Kier molecular flexibility index (Phi) is 8.00. The standard InChI is InChI=1S/C12H28N2O2S/c1-6-13(7-2)9-10-14(11-12(4)5)17(15,16)8-3/h12H,6-11H2,1-5H3. The average molecular weight is 264 g/mol. The van der Waals surface area contributed by atoms with Crippen LogP contribution >= 0.6 is 0 Å². The van der Waals surface area contributed by atoms with E-state index in [1.165, 1.54) is 0 Å². The number of nitrogens with zero attached hydrogens (tertiary/aromatic N) is 2. The second-order valence-electron chi connectivity index (χ2n) is 4.68. The van der Waals surface area contributed by atoms with Crippen LogP contribution in [0.2, 0.25) is 0 Å². The minimum Gasteiger partial charge on any atom is -0.303 e. The molecule has 4 nitrogen and oxygen atoms in total. The molecule has 0 spiro atoms. The van der Waals surface area contributed by atoms with Crippen molar-refractivity contribution in [2.24, 2.45) is 5.92 Å². The third kappa shape index (κ3) is 6.38. The molecule has 0 rings (SSSR count). The third-order valence-electron chi connectivity index (χ3n) is 2.89. The van der Waals surface area contributed by atoms with Crippen molar-refractivity contribution in [2.45, 2.75) is 34.6 Å². The summed E-state index contributed by atoms with van der Waals surface area (Å²) in [6.45, 7) is 14.0. The molecule has 0 bridgehead atoms. The van der Waals surface area contributed by atoms with Gasteiger partial charge in [-0.1, -0.05) is 27.7 Å². The van der Waals surface area contributed by atoms with Gasteiger partial charge in [0.25, 0.3) is 0 Å². The molecule has 17 heavy (non-hydrogen) atoms. The lowest BCUT2D eigenvalue weighted by molar-refractivity contribution is 0.262. The molecule has 0 radical (unpaired) electrons. The van der Waals surface area contributed by atoms with Crippen molar-refractivity contribution in [3.05, 3.63) is 0 Å². The van der Waals surface area contributed by atoms with Crippen molar-refractivity contribution in [1.29, 1.82) is 0 Å². The number of hydrogen-bond donors (Lipinski definition) is 0. The highest BCUT2D eigenvalue weighted by atomic mass is 32.2. The Balaban J connectivity index is 4.50. The maximum atomic E-state index is 11.9. The molecule has 0 aromatic carbocycles. The summed E-state index contributed by atoms with van der Waals surface area (Å²) in [7, 11) is -3.06. The first-order valence-electron chi connectivity index (χ1n) is 6.57. The van der Waals surface area contributed by atoms with Crippen LogP contribution in [-0.4, -0.2) is 56.1 Å². The van der Waals surface area contributed by atoms with E-state index in [1.54, 1.807) is 11.2 Å². The van der Waals surface area contributed by atoms with Crippen molar-refractivity contribution in [1.82, 2.24) is 9.21 Å². The van der Waals surface area contributed by atoms with Crippen molar-refractivity contribution in [3.8, 4) is 0 Å². The Hall–Kier alpha value is -0.130. The van der Waals surface area contributed by atoms with E-state index in [0.717, 1.165) is 19.6 Å². The molecule has 0 atom stereocenters.